The molecule has 0 unspecified atom stereocenters. The SMILES string of the molecule is NC(=O)c1cn(CC(=O)O)c2ccc(OC(=O)NC3CC3)cc12. The number of primary amides is 1. The molecular formula is C15H15N3O5. The normalized spacial score (nSPS) is 13.7. The molecule has 0 saturated heterocycles. The molecular weight excluding hydrogens is 302 g/mol. The minimum Gasteiger partial charge on any atom is -0.480 e. The molecule has 1 aromatic heterocycles. The van der Waals surface area contributed by atoms with Gasteiger partial charge in [0.25, 0.3) is 5.91 Å². The van der Waals surface area contributed by atoms with Gasteiger partial charge in [0.05, 0.1) is 5.56 Å². The summed E-state index contributed by atoms with van der Waals surface area (Å²) in [5, 5.41) is 12.0. The fourth-order valence-electron chi connectivity index (χ4n) is 2.34. The Morgan fingerprint density at radius 2 is 2.09 bits per heavy atom. The molecule has 0 radical (unpaired) electrons. The Balaban J connectivity index is 1.93. The van der Waals surface area contributed by atoms with Crippen LogP contribution in [0.3, 0.4) is 0 Å². The fourth-order valence-corrected chi connectivity index (χ4v) is 2.34. The summed E-state index contributed by atoms with van der Waals surface area (Å²) in [5.41, 5.74) is 6.03. The number of hydrogen-bond donors (Lipinski definition) is 3. The lowest BCUT2D eigenvalue weighted by atomic mass is 10.1. The molecule has 23 heavy (non-hydrogen) atoms. The Morgan fingerprint density at radius 3 is 2.70 bits per heavy atom. The van der Waals surface area contributed by atoms with Gasteiger partial charge in [-0.2, -0.15) is 0 Å². The Bertz CT molecular complexity index is 807. The van der Waals surface area contributed by atoms with Crippen LogP contribution in [0.5, 0.6) is 5.75 Å². The highest BCUT2D eigenvalue weighted by atomic mass is 16.6. The number of carbonyl (C=O) groups excluding carboxylic acids is 2. The van der Waals surface area contributed by atoms with Crippen molar-refractivity contribution in [1.29, 1.82) is 0 Å². The highest BCUT2D eigenvalue weighted by molar-refractivity contribution is 6.06. The molecule has 0 aliphatic heterocycles. The standard InChI is InChI=1S/C15H15N3O5/c16-14(21)11-6-18(7-13(19)20)12-4-3-9(5-10(11)12)23-15(22)17-8-1-2-8/h3-6,8H,1-2,7H2,(H2,16,21)(H,17,22)(H,19,20). The van der Waals surface area contributed by atoms with Crippen LogP contribution in [0.4, 0.5) is 4.79 Å². The summed E-state index contributed by atoms with van der Waals surface area (Å²) in [6.07, 6.45) is 2.71. The molecule has 1 fully saturated rings. The maximum absolute atomic E-state index is 11.7. The predicted octanol–water partition coefficient (Wildman–Crippen LogP) is 1.08. The lowest BCUT2D eigenvalue weighted by Gasteiger charge is -2.06. The van der Waals surface area contributed by atoms with E-state index >= 15 is 0 Å². The smallest absolute Gasteiger partial charge is 0.412 e. The molecule has 0 bridgehead atoms. The van der Waals surface area contributed by atoms with Gasteiger partial charge < -0.3 is 25.5 Å². The van der Waals surface area contributed by atoms with Gasteiger partial charge in [0.1, 0.15) is 12.3 Å². The first kappa shape index (κ1) is 14.9. The van der Waals surface area contributed by atoms with E-state index in [1.165, 1.54) is 22.9 Å². The predicted molar refractivity (Wildman–Crippen MR) is 80.3 cm³/mol. The molecule has 3 rings (SSSR count). The van der Waals surface area contributed by atoms with Crippen molar-refractivity contribution in [2.45, 2.75) is 25.4 Å². The van der Waals surface area contributed by atoms with Crippen molar-refractivity contribution >= 4 is 28.9 Å². The number of nitrogens with two attached hydrogens (primary N) is 1. The number of nitrogens with one attached hydrogen (secondary N) is 1. The number of carboxylic acid groups (broad SMARTS) is 1. The topological polar surface area (TPSA) is 124 Å². The van der Waals surface area contributed by atoms with Crippen molar-refractivity contribution in [1.82, 2.24) is 9.88 Å². The molecule has 120 valence electrons. The van der Waals surface area contributed by atoms with Gasteiger partial charge in [0.15, 0.2) is 0 Å². The van der Waals surface area contributed by atoms with Crippen LogP contribution in [0.2, 0.25) is 0 Å². The van der Waals surface area contributed by atoms with Crippen LogP contribution in [0, 0.1) is 0 Å². The van der Waals surface area contributed by atoms with E-state index in [1.807, 2.05) is 0 Å². The molecule has 1 aliphatic carbocycles. The van der Waals surface area contributed by atoms with Crippen LogP contribution >= 0.6 is 0 Å². The van der Waals surface area contributed by atoms with E-state index in [9.17, 15) is 14.4 Å². The van der Waals surface area contributed by atoms with E-state index in [0.29, 0.717) is 10.9 Å². The molecule has 1 aromatic carbocycles. The van der Waals surface area contributed by atoms with Gasteiger partial charge in [0, 0.05) is 23.1 Å². The Labute approximate surface area is 130 Å². The monoisotopic (exact) mass is 317 g/mol. The average molecular weight is 317 g/mol. The Kier molecular flexibility index (Phi) is 3.65. The van der Waals surface area contributed by atoms with E-state index in [2.05, 4.69) is 5.32 Å². The van der Waals surface area contributed by atoms with E-state index < -0.39 is 18.0 Å². The highest BCUT2D eigenvalue weighted by Gasteiger charge is 2.24. The Morgan fingerprint density at radius 1 is 1.35 bits per heavy atom. The third kappa shape index (κ3) is 3.25. The lowest BCUT2D eigenvalue weighted by molar-refractivity contribution is -0.137. The first-order valence-electron chi connectivity index (χ1n) is 7.07. The summed E-state index contributed by atoms with van der Waals surface area (Å²) >= 11 is 0. The minimum absolute atomic E-state index is 0.170. The van der Waals surface area contributed by atoms with E-state index in [-0.39, 0.29) is 23.9 Å². The summed E-state index contributed by atoms with van der Waals surface area (Å²) in [7, 11) is 0. The number of fused-ring (bicyclic) bond motifs is 1. The molecule has 0 spiro atoms. The fraction of sp³-hybridized carbons (Fsp3) is 0.267. The number of ether oxygens (including phenoxy) is 1. The van der Waals surface area contributed by atoms with Crippen molar-refractivity contribution in [2.75, 3.05) is 0 Å². The van der Waals surface area contributed by atoms with Crippen LogP contribution < -0.4 is 15.8 Å². The molecule has 4 N–H and O–H groups in total. The molecule has 2 aromatic rings. The second-order valence-corrected chi connectivity index (χ2v) is 5.42. The molecule has 1 aliphatic rings. The number of aromatic nitrogens is 1. The van der Waals surface area contributed by atoms with Crippen molar-refractivity contribution in [3.05, 3.63) is 30.0 Å². The maximum atomic E-state index is 11.7. The van der Waals surface area contributed by atoms with Crippen LogP contribution in [0.15, 0.2) is 24.4 Å². The minimum atomic E-state index is -1.04. The van der Waals surface area contributed by atoms with E-state index in [1.54, 1.807) is 6.07 Å². The van der Waals surface area contributed by atoms with Gasteiger partial charge in [-0.05, 0) is 31.0 Å². The van der Waals surface area contributed by atoms with Gasteiger partial charge in [-0.25, -0.2) is 4.79 Å². The van der Waals surface area contributed by atoms with Gasteiger partial charge in [-0.3, -0.25) is 9.59 Å². The number of rotatable bonds is 5. The number of carboxylic acids is 1. The summed E-state index contributed by atoms with van der Waals surface area (Å²) in [4.78, 5) is 34.1. The lowest BCUT2D eigenvalue weighted by Crippen LogP contribution is -2.28. The summed E-state index contributed by atoms with van der Waals surface area (Å²) in [6.45, 7) is -0.299. The van der Waals surface area contributed by atoms with Gasteiger partial charge in [-0.15, -0.1) is 0 Å². The van der Waals surface area contributed by atoms with E-state index in [4.69, 9.17) is 15.6 Å². The van der Waals surface area contributed by atoms with Crippen molar-refractivity contribution in [3.63, 3.8) is 0 Å². The zero-order chi connectivity index (χ0) is 16.6. The molecule has 1 heterocycles. The van der Waals surface area contributed by atoms with Crippen LogP contribution in [0.25, 0.3) is 10.9 Å². The molecule has 1 saturated carbocycles. The molecule has 8 heteroatoms. The zero-order valence-electron chi connectivity index (χ0n) is 12.1. The number of benzene rings is 1. The number of amides is 2. The number of nitrogens with zero attached hydrogens (tertiary/aromatic N) is 1. The van der Waals surface area contributed by atoms with Crippen LogP contribution in [-0.4, -0.2) is 33.7 Å². The molecule has 8 nitrogen and oxygen atoms in total. The summed E-state index contributed by atoms with van der Waals surface area (Å²) in [5.74, 6) is -1.47. The van der Waals surface area contributed by atoms with Crippen LogP contribution in [0.1, 0.15) is 23.2 Å². The van der Waals surface area contributed by atoms with Gasteiger partial charge in [-0.1, -0.05) is 0 Å². The largest absolute Gasteiger partial charge is 0.480 e. The second kappa shape index (κ2) is 5.64. The Hall–Kier alpha value is -3.03. The summed E-state index contributed by atoms with van der Waals surface area (Å²) < 4.78 is 6.58. The zero-order valence-corrected chi connectivity index (χ0v) is 12.1. The van der Waals surface area contributed by atoms with Crippen molar-refractivity contribution < 1.29 is 24.2 Å². The van der Waals surface area contributed by atoms with Gasteiger partial charge in [0.2, 0.25) is 0 Å². The number of carbonyl (C=O) groups is 3. The molecule has 0 atom stereocenters. The first-order chi connectivity index (χ1) is 10.9. The van der Waals surface area contributed by atoms with Crippen LogP contribution in [-0.2, 0) is 11.3 Å². The summed E-state index contributed by atoms with van der Waals surface area (Å²) in [6, 6.07) is 4.80. The highest BCUT2D eigenvalue weighted by Crippen LogP contribution is 2.26. The third-order valence-electron chi connectivity index (χ3n) is 3.53. The quantitative estimate of drug-likeness (QED) is 0.761. The maximum Gasteiger partial charge on any atom is 0.412 e. The second-order valence-electron chi connectivity index (χ2n) is 5.42. The van der Waals surface area contributed by atoms with Crippen molar-refractivity contribution in [2.24, 2.45) is 5.73 Å². The third-order valence-corrected chi connectivity index (χ3v) is 3.53. The van der Waals surface area contributed by atoms with Crippen molar-refractivity contribution in [3.8, 4) is 5.75 Å². The number of aliphatic carboxylic acids is 1. The number of hydrogen-bond acceptors (Lipinski definition) is 4. The first-order valence-corrected chi connectivity index (χ1v) is 7.07. The van der Waals surface area contributed by atoms with E-state index in [0.717, 1.165) is 12.8 Å². The molecule has 2 amide bonds. The van der Waals surface area contributed by atoms with Gasteiger partial charge >= 0.3 is 12.1 Å². The average Bonchev–Trinajstić information content (AvgIpc) is 3.19.